The van der Waals surface area contributed by atoms with Crippen molar-refractivity contribution < 1.29 is 4.79 Å². The van der Waals surface area contributed by atoms with Crippen LogP contribution in [0.4, 0.5) is 0 Å². The molecule has 178 valence electrons. The van der Waals surface area contributed by atoms with Gasteiger partial charge in [-0.25, -0.2) is 0 Å². The first-order valence-corrected chi connectivity index (χ1v) is 12.7. The number of para-hydroxylation sites is 1. The zero-order valence-corrected chi connectivity index (χ0v) is 20.3. The first kappa shape index (κ1) is 23.1. The number of amides is 1. The molecule has 2 heterocycles. The van der Waals surface area contributed by atoms with E-state index in [1.807, 2.05) is 52.9 Å². The molecule has 1 saturated carbocycles. The molecule has 0 radical (unpaired) electrons. The SMILES string of the molecule is CC(Sc1nnc2n(Cc3ccccc3)c(=O)c3ccccc3n12)C(=O)NC1(C#N)CCCCC1. The maximum absolute atomic E-state index is 13.4. The summed E-state index contributed by atoms with van der Waals surface area (Å²) in [6.45, 7) is 2.16. The van der Waals surface area contributed by atoms with Crippen molar-refractivity contribution in [2.75, 3.05) is 0 Å². The fourth-order valence-electron chi connectivity index (χ4n) is 4.69. The van der Waals surface area contributed by atoms with Crippen molar-refractivity contribution in [3.63, 3.8) is 0 Å². The van der Waals surface area contributed by atoms with Gasteiger partial charge in [-0.3, -0.25) is 18.6 Å². The number of hydrogen-bond acceptors (Lipinski definition) is 6. The van der Waals surface area contributed by atoms with E-state index < -0.39 is 10.8 Å². The van der Waals surface area contributed by atoms with Gasteiger partial charge < -0.3 is 5.32 Å². The monoisotopic (exact) mass is 486 g/mol. The van der Waals surface area contributed by atoms with Gasteiger partial charge in [0.2, 0.25) is 11.7 Å². The maximum Gasteiger partial charge on any atom is 0.263 e. The molecule has 0 spiro atoms. The Balaban J connectivity index is 1.51. The number of nitrogens with one attached hydrogen (secondary N) is 1. The maximum atomic E-state index is 13.4. The van der Waals surface area contributed by atoms with Crippen molar-refractivity contribution in [3.8, 4) is 6.07 Å². The molecular formula is C26H26N6O2S. The fourth-order valence-corrected chi connectivity index (χ4v) is 5.54. The van der Waals surface area contributed by atoms with Crippen molar-refractivity contribution >= 4 is 34.3 Å². The van der Waals surface area contributed by atoms with E-state index in [0.717, 1.165) is 24.8 Å². The minimum atomic E-state index is -0.792. The number of carbonyl (C=O) groups is 1. The highest BCUT2D eigenvalue weighted by Gasteiger charge is 2.35. The van der Waals surface area contributed by atoms with Gasteiger partial charge in [0, 0.05) is 0 Å². The first-order chi connectivity index (χ1) is 17.0. The topological polar surface area (TPSA) is 105 Å². The second-order valence-electron chi connectivity index (χ2n) is 9.02. The molecule has 0 aliphatic heterocycles. The molecule has 1 N–H and O–H groups in total. The van der Waals surface area contributed by atoms with Crippen LogP contribution in [0.5, 0.6) is 0 Å². The normalized spacial score (nSPS) is 16.1. The molecule has 0 saturated heterocycles. The van der Waals surface area contributed by atoms with Gasteiger partial charge in [0.1, 0.15) is 5.54 Å². The summed E-state index contributed by atoms with van der Waals surface area (Å²) < 4.78 is 3.46. The number of benzene rings is 2. The predicted octanol–water partition coefficient (Wildman–Crippen LogP) is 3.92. The summed E-state index contributed by atoms with van der Waals surface area (Å²) in [4.78, 5) is 26.4. The zero-order chi connectivity index (χ0) is 24.4. The second-order valence-corrected chi connectivity index (χ2v) is 10.3. The molecule has 9 heteroatoms. The van der Waals surface area contributed by atoms with Crippen LogP contribution in [-0.4, -0.2) is 35.9 Å². The molecule has 1 aliphatic carbocycles. The smallest absolute Gasteiger partial charge is 0.263 e. The summed E-state index contributed by atoms with van der Waals surface area (Å²) in [6, 6.07) is 19.4. The average Bonchev–Trinajstić information content (AvgIpc) is 3.31. The summed E-state index contributed by atoms with van der Waals surface area (Å²) in [5, 5.41) is 22.0. The second kappa shape index (κ2) is 9.55. The Hall–Kier alpha value is -3.64. The van der Waals surface area contributed by atoms with Crippen LogP contribution in [-0.2, 0) is 11.3 Å². The number of nitrogens with zero attached hydrogens (tertiary/aromatic N) is 5. The molecule has 35 heavy (non-hydrogen) atoms. The first-order valence-electron chi connectivity index (χ1n) is 11.8. The van der Waals surface area contributed by atoms with E-state index in [-0.39, 0.29) is 11.5 Å². The molecule has 1 atom stereocenters. The lowest BCUT2D eigenvalue weighted by molar-refractivity contribution is -0.121. The number of hydrogen-bond donors (Lipinski definition) is 1. The number of nitriles is 1. The summed E-state index contributed by atoms with van der Waals surface area (Å²) in [7, 11) is 0. The Bertz CT molecular complexity index is 1480. The third kappa shape index (κ3) is 4.42. The van der Waals surface area contributed by atoms with Gasteiger partial charge in [0.25, 0.3) is 5.56 Å². The molecule has 1 fully saturated rings. The van der Waals surface area contributed by atoms with Crippen LogP contribution in [0.15, 0.2) is 64.5 Å². The van der Waals surface area contributed by atoms with Gasteiger partial charge in [0.05, 0.1) is 28.8 Å². The number of carbonyl (C=O) groups excluding carboxylic acids is 1. The minimum Gasteiger partial charge on any atom is -0.337 e. The van der Waals surface area contributed by atoms with Crippen molar-refractivity contribution in [3.05, 3.63) is 70.5 Å². The van der Waals surface area contributed by atoms with Gasteiger partial charge in [-0.2, -0.15) is 5.26 Å². The molecule has 2 aromatic heterocycles. The molecule has 2 aromatic carbocycles. The Labute approximate surface area is 207 Å². The third-order valence-electron chi connectivity index (χ3n) is 6.60. The highest BCUT2D eigenvalue weighted by atomic mass is 32.2. The van der Waals surface area contributed by atoms with Gasteiger partial charge >= 0.3 is 0 Å². The van der Waals surface area contributed by atoms with Crippen LogP contribution in [0.2, 0.25) is 0 Å². The van der Waals surface area contributed by atoms with E-state index in [4.69, 9.17) is 0 Å². The van der Waals surface area contributed by atoms with Gasteiger partial charge in [-0.05, 0) is 37.5 Å². The van der Waals surface area contributed by atoms with Crippen LogP contribution < -0.4 is 10.9 Å². The van der Waals surface area contributed by atoms with Crippen molar-refractivity contribution in [2.45, 2.75) is 61.5 Å². The van der Waals surface area contributed by atoms with Crippen LogP contribution in [0.1, 0.15) is 44.6 Å². The molecule has 5 rings (SSSR count). The lowest BCUT2D eigenvalue weighted by atomic mass is 9.83. The molecule has 1 aliphatic rings. The quantitative estimate of drug-likeness (QED) is 0.414. The van der Waals surface area contributed by atoms with E-state index >= 15 is 0 Å². The van der Waals surface area contributed by atoms with Gasteiger partial charge in [-0.15, -0.1) is 10.2 Å². The van der Waals surface area contributed by atoms with Crippen molar-refractivity contribution in [1.82, 2.24) is 24.5 Å². The van der Waals surface area contributed by atoms with Gasteiger partial charge in [0.15, 0.2) is 5.16 Å². The molecule has 1 amide bonds. The van der Waals surface area contributed by atoms with E-state index in [1.165, 1.54) is 11.8 Å². The zero-order valence-electron chi connectivity index (χ0n) is 19.5. The van der Waals surface area contributed by atoms with Gasteiger partial charge in [-0.1, -0.05) is 73.5 Å². The van der Waals surface area contributed by atoms with E-state index in [9.17, 15) is 14.9 Å². The number of aromatic nitrogens is 4. The summed E-state index contributed by atoms with van der Waals surface area (Å²) in [6.07, 6.45) is 4.32. The van der Waals surface area contributed by atoms with Crippen LogP contribution in [0.25, 0.3) is 16.7 Å². The molecule has 8 nitrogen and oxygen atoms in total. The largest absolute Gasteiger partial charge is 0.337 e. The van der Waals surface area contributed by atoms with Crippen LogP contribution in [0.3, 0.4) is 0 Å². The van der Waals surface area contributed by atoms with E-state index in [2.05, 4.69) is 21.6 Å². The highest BCUT2D eigenvalue weighted by molar-refractivity contribution is 8.00. The third-order valence-corrected chi connectivity index (χ3v) is 7.64. The fraction of sp³-hybridized carbons (Fsp3) is 0.346. The summed E-state index contributed by atoms with van der Waals surface area (Å²) in [5.41, 5.74) is 0.739. The van der Waals surface area contributed by atoms with E-state index in [0.29, 0.717) is 41.2 Å². The lowest BCUT2D eigenvalue weighted by Crippen LogP contribution is -2.50. The Morgan fingerprint density at radius 3 is 2.57 bits per heavy atom. The predicted molar refractivity (Wildman–Crippen MR) is 135 cm³/mol. The summed E-state index contributed by atoms with van der Waals surface area (Å²) >= 11 is 1.27. The standard InChI is InChI=1S/C26H26N6O2S/c1-18(22(33)28-26(17-27)14-8-3-9-15-26)35-25-30-29-24-31(16-19-10-4-2-5-11-19)23(34)20-12-6-7-13-21(20)32(24)25/h2,4-7,10-13,18H,3,8-9,14-16H2,1H3,(H,28,33). The molecule has 4 aromatic rings. The Kier molecular flexibility index (Phi) is 6.31. The lowest BCUT2D eigenvalue weighted by Gasteiger charge is -2.32. The van der Waals surface area contributed by atoms with Crippen LogP contribution >= 0.6 is 11.8 Å². The number of rotatable bonds is 6. The Morgan fingerprint density at radius 1 is 1.11 bits per heavy atom. The minimum absolute atomic E-state index is 0.139. The Morgan fingerprint density at radius 2 is 1.83 bits per heavy atom. The molecular weight excluding hydrogens is 460 g/mol. The number of thioether (sulfide) groups is 1. The van der Waals surface area contributed by atoms with Crippen LogP contribution in [0, 0.1) is 11.3 Å². The highest BCUT2D eigenvalue weighted by Crippen LogP contribution is 2.30. The average molecular weight is 487 g/mol. The van der Waals surface area contributed by atoms with Crippen molar-refractivity contribution in [2.24, 2.45) is 0 Å². The molecule has 0 bridgehead atoms. The number of fused-ring (bicyclic) bond motifs is 3. The van der Waals surface area contributed by atoms with Crippen molar-refractivity contribution in [1.29, 1.82) is 5.26 Å². The molecule has 1 unspecified atom stereocenters. The summed E-state index contributed by atoms with van der Waals surface area (Å²) in [5.74, 6) is 0.227. The van der Waals surface area contributed by atoms with E-state index in [1.54, 1.807) is 17.6 Å².